The van der Waals surface area contributed by atoms with Gasteiger partial charge in [0.2, 0.25) is 0 Å². The van der Waals surface area contributed by atoms with Crippen molar-refractivity contribution in [3.8, 4) is 0 Å². The fourth-order valence-corrected chi connectivity index (χ4v) is 2.37. The van der Waals surface area contributed by atoms with Crippen LogP contribution >= 0.6 is 0 Å². The molecule has 0 spiro atoms. The van der Waals surface area contributed by atoms with E-state index in [0.717, 1.165) is 5.56 Å². The first-order valence-corrected chi connectivity index (χ1v) is 8.19. The van der Waals surface area contributed by atoms with E-state index in [9.17, 15) is 23.1 Å². The number of aliphatic hydroxyl groups excluding tert-OH is 2. The van der Waals surface area contributed by atoms with E-state index >= 15 is 0 Å². The summed E-state index contributed by atoms with van der Waals surface area (Å²) in [5.41, 5.74) is 4.51. The highest BCUT2D eigenvalue weighted by Gasteiger charge is 2.40. The minimum Gasteiger partial charge on any atom is -0.480 e. The van der Waals surface area contributed by atoms with Gasteiger partial charge in [0.15, 0.2) is 5.54 Å². The number of aryl methyl sites for hydroxylation is 1. The molecule has 0 fully saturated rings. The van der Waals surface area contributed by atoms with Gasteiger partial charge in [0.1, 0.15) is 0 Å². The zero-order valence-corrected chi connectivity index (χ0v) is 14.2. The molecule has 0 amide bonds. The van der Waals surface area contributed by atoms with Crippen LogP contribution in [0.2, 0.25) is 0 Å². The van der Waals surface area contributed by atoms with Crippen molar-refractivity contribution in [2.75, 3.05) is 6.61 Å². The van der Waals surface area contributed by atoms with Gasteiger partial charge in [-0.25, -0.2) is 0 Å². The number of aliphatic carboxylic acids is 1. The third-order valence-corrected chi connectivity index (χ3v) is 4.06. The molecule has 0 aliphatic rings. The van der Waals surface area contributed by atoms with Crippen LogP contribution in [0.25, 0.3) is 0 Å². The average Bonchev–Trinajstić information content (AvgIpc) is 2.56. The maximum atomic E-state index is 12.3. The summed E-state index contributed by atoms with van der Waals surface area (Å²) in [6.07, 6.45) is -1.15. The Hall–Kier alpha value is -1.90. The van der Waals surface area contributed by atoms with Gasteiger partial charge in [-0.2, -0.15) is 13.2 Å². The van der Waals surface area contributed by atoms with Gasteiger partial charge in [0.05, 0.1) is 19.1 Å². The van der Waals surface area contributed by atoms with Crippen molar-refractivity contribution in [2.24, 2.45) is 5.73 Å². The van der Waals surface area contributed by atoms with Crippen LogP contribution in [0.5, 0.6) is 0 Å². The molecule has 8 heteroatoms. The number of nitrogens with two attached hydrogens (primary N) is 1. The second kappa shape index (κ2) is 9.70. The molecule has 26 heavy (non-hydrogen) atoms. The molecule has 0 heterocycles. The summed E-state index contributed by atoms with van der Waals surface area (Å²) in [7, 11) is 0. The van der Waals surface area contributed by atoms with Crippen LogP contribution < -0.4 is 5.73 Å². The number of hydrogen-bond acceptors (Lipinski definition) is 4. The lowest BCUT2D eigenvalue weighted by atomic mass is 9.91. The van der Waals surface area contributed by atoms with Crippen LogP contribution in [0, 0.1) is 0 Å². The molecule has 2 unspecified atom stereocenters. The topological polar surface area (TPSA) is 104 Å². The molecule has 0 saturated carbocycles. The number of alkyl halides is 3. The summed E-state index contributed by atoms with van der Waals surface area (Å²) in [6.45, 7) is -0.864. The van der Waals surface area contributed by atoms with Crippen LogP contribution in [0.3, 0.4) is 0 Å². The number of hydrogen-bond donors (Lipinski definition) is 4. The summed E-state index contributed by atoms with van der Waals surface area (Å²) in [5, 5.41) is 27.8. The molecule has 0 saturated heterocycles. The van der Waals surface area contributed by atoms with Gasteiger partial charge in [0.25, 0.3) is 0 Å². The van der Waals surface area contributed by atoms with Crippen molar-refractivity contribution in [2.45, 2.75) is 49.9 Å². The Bertz CT molecular complexity index is 601. The van der Waals surface area contributed by atoms with Crippen LogP contribution in [-0.2, 0) is 17.6 Å². The highest BCUT2D eigenvalue weighted by molar-refractivity contribution is 5.79. The van der Waals surface area contributed by atoms with Crippen LogP contribution in [0.1, 0.15) is 30.4 Å². The summed E-state index contributed by atoms with van der Waals surface area (Å²) in [4.78, 5) is 11.0. The number of halogens is 3. The molecule has 0 bridgehead atoms. The molecular formula is C18H24F3NO4. The zero-order valence-electron chi connectivity index (χ0n) is 14.2. The van der Waals surface area contributed by atoms with Crippen LogP contribution in [0.15, 0.2) is 36.4 Å². The first-order valence-electron chi connectivity index (χ1n) is 8.19. The van der Waals surface area contributed by atoms with E-state index in [-0.39, 0.29) is 12.0 Å². The Morgan fingerprint density at radius 3 is 2.15 bits per heavy atom. The maximum absolute atomic E-state index is 12.3. The second-order valence-corrected chi connectivity index (χ2v) is 6.22. The van der Waals surface area contributed by atoms with Crippen molar-refractivity contribution >= 4 is 5.97 Å². The van der Waals surface area contributed by atoms with E-state index in [1.54, 1.807) is 18.2 Å². The van der Waals surface area contributed by atoms with Gasteiger partial charge < -0.3 is 21.1 Å². The second-order valence-electron chi connectivity index (χ2n) is 6.22. The van der Waals surface area contributed by atoms with E-state index in [0.29, 0.717) is 19.3 Å². The van der Waals surface area contributed by atoms with E-state index in [1.807, 2.05) is 6.08 Å². The van der Waals surface area contributed by atoms with Crippen molar-refractivity contribution in [1.29, 1.82) is 0 Å². The zero-order chi connectivity index (χ0) is 19.8. The van der Waals surface area contributed by atoms with Crippen molar-refractivity contribution < 1.29 is 33.3 Å². The molecule has 1 rings (SSSR count). The molecular weight excluding hydrogens is 351 g/mol. The highest BCUT2D eigenvalue weighted by Crippen LogP contribution is 2.21. The van der Waals surface area contributed by atoms with Gasteiger partial charge in [-0.05, 0) is 36.8 Å². The third kappa shape index (κ3) is 7.15. The molecule has 2 atom stereocenters. The van der Waals surface area contributed by atoms with Crippen molar-refractivity contribution in [1.82, 2.24) is 0 Å². The minimum atomic E-state index is -4.22. The number of carboxylic acids is 1. The lowest BCUT2D eigenvalue weighted by Gasteiger charge is -2.27. The average molecular weight is 375 g/mol. The van der Waals surface area contributed by atoms with Crippen molar-refractivity contribution in [3.05, 3.63) is 47.5 Å². The predicted octanol–water partition coefficient (Wildman–Crippen LogP) is 2.20. The number of carboxylic acid groups (broad SMARTS) is 1. The standard InChI is InChI=1S/C18H24F3NO4/c19-18(20,21)11-14-9-7-13(8-10-14)5-3-1-2-4-6-15(24)17(22,12-23)16(25)26/h1-2,7-10,15,23-24H,3-6,11-12,22H2,(H,25,26)/b2-1+. The maximum Gasteiger partial charge on any atom is 0.393 e. The van der Waals surface area contributed by atoms with E-state index in [2.05, 4.69) is 0 Å². The lowest BCUT2D eigenvalue weighted by molar-refractivity contribution is -0.150. The first kappa shape index (κ1) is 22.1. The fraction of sp³-hybridized carbons (Fsp3) is 0.500. The quantitative estimate of drug-likeness (QED) is 0.470. The van der Waals surface area contributed by atoms with Crippen molar-refractivity contribution in [3.63, 3.8) is 0 Å². The van der Waals surface area contributed by atoms with Gasteiger partial charge >= 0.3 is 12.1 Å². The van der Waals surface area contributed by atoms with Gasteiger partial charge in [-0.3, -0.25) is 4.79 Å². The Kier molecular flexibility index (Phi) is 8.26. The van der Waals surface area contributed by atoms with Gasteiger partial charge in [0, 0.05) is 0 Å². The smallest absolute Gasteiger partial charge is 0.393 e. The summed E-state index contributed by atoms with van der Waals surface area (Å²) >= 11 is 0. The molecule has 0 aliphatic carbocycles. The predicted molar refractivity (Wildman–Crippen MR) is 90.5 cm³/mol. The monoisotopic (exact) mass is 375 g/mol. The minimum absolute atomic E-state index is 0.0893. The molecule has 5 N–H and O–H groups in total. The molecule has 0 aromatic heterocycles. The van der Waals surface area contributed by atoms with Gasteiger partial charge in [-0.1, -0.05) is 36.4 Å². The number of rotatable bonds is 10. The van der Waals surface area contributed by atoms with E-state index in [4.69, 9.17) is 15.9 Å². The largest absolute Gasteiger partial charge is 0.480 e. The summed E-state index contributed by atoms with van der Waals surface area (Å²) in [6, 6.07) is 6.25. The fourth-order valence-electron chi connectivity index (χ4n) is 2.37. The SMILES string of the molecule is NC(CO)(C(=O)O)C(O)CC/C=C/CCc1ccc(CC(F)(F)F)cc1. The number of aliphatic hydroxyl groups is 2. The normalized spacial score (nSPS) is 15.8. The number of carbonyl (C=O) groups is 1. The highest BCUT2D eigenvalue weighted by atomic mass is 19.4. The summed E-state index contributed by atoms with van der Waals surface area (Å²) < 4.78 is 36.8. The molecule has 0 radical (unpaired) electrons. The van der Waals surface area contributed by atoms with Crippen LogP contribution in [-0.4, -0.2) is 45.7 Å². The molecule has 1 aromatic carbocycles. The Labute approximate surface area is 150 Å². The van der Waals surface area contributed by atoms with E-state index in [1.165, 1.54) is 12.1 Å². The number of benzene rings is 1. The molecule has 0 aliphatic heterocycles. The lowest BCUT2D eigenvalue weighted by Crippen LogP contribution is -2.60. The molecule has 5 nitrogen and oxygen atoms in total. The Morgan fingerprint density at radius 1 is 1.12 bits per heavy atom. The van der Waals surface area contributed by atoms with E-state index < -0.39 is 36.8 Å². The molecule has 1 aromatic rings. The number of allylic oxidation sites excluding steroid dienone is 2. The Balaban J connectivity index is 2.36. The van der Waals surface area contributed by atoms with Gasteiger partial charge in [-0.15, -0.1) is 0 Å². The molecule has 146 valence electrons. The third-order valence-electron chi connectivity index (χ3n) is 4.06. The Morgan fingerprint density at radius 2 is 1.65 bits per heavy atom. The summed E-state index contributed by atoms with van der Waals surface area (Å²) in [5.74, 6) is -1.47. The van der Waals surface area contributed by atoms with Crippen LogP contribution in [0.4, 0.5) is 13.2 Å². The first-order chi connectivity index (χ1) is 12.1.